The number of hydrogen-bond acceptors (Lipinski definition) is 7. The minimum atomic E-state index is -4.64. The first-order valence-corrected chi connectivity index (χ1v) is 11.0. The number of likely N-dealkylation sites (tertiary alicyclic amines) is 1. The van der Waals surface area contributed by atoms with Crippen LogP contribution in [0, 0.1) is 12.8 Å². The van der Waals surface area contributed by atoms with Gasteiger partial charge in [-0.1, -0.05) is 13.0 Å². The SMILES string of the molecule is CN=CC(=C(N)C(=O)N1CC(F)(F)CC(C)C1CNc1cnc(C(F)(F)F)cn1)c1ccc(C)cn1. The number of aryl methyl sites for hydroxylation is 1. The van der Waals surface area contributed by atoms with Crippen LogP contribution in [0.15, 0.2) is 41.4 Å². The zero-order chi connectivity index (χ0) is 26.7. The van der Waals surface area contributed by atoms with Crippen LogP contribution in [0.25, 0.3) is 5.57 Å². The van der Waals surface area contributed by atoms with Gasteiger partial charge in [-0.05, 0) is 24.5 Å². The number of aliphatic imine (C=N–C) groups is 1. The van der Waals surface area contributed by atoms with E-state index < -0.39 is 48.6 Å². The number of carbonyl (C=O) groups is 1. The third-order valence-corrected chi connectivity index (χ3v) is 5.74. The van der Waals surface area contributed by atoms with E-state index >= 15 is 0 Å². The predicted octanol–water partition coefficient (Wildman–Crippen LogP) is 3.55. The van der Waals surface area contributed by atoms with Crippen LogP contribution in [-0.4, -0.2) is 64.1 Å². The summed E-state index contributed by atoms with van der Waals surface area (Å²) in [5.74, 6) is -4.64. The number of halogens is 5. The number of piperidine rings is 1. The highest BCUT2D eigenvalue weighted by Gasteiger charge is 2.46. The molecule has 3 rings (SSSR count). The van der Waals surface area contributed by atoms with E-state index in [1.807, 2.05) is 6.92 Å². The first kappa shape index (κ1) is 27.0. The van der Waals surface area contributed by atoms with E-state index in [-0.39, 0.29) is 23.6 Å². The van der Waals surface area contributed by atoms with Gasteiger partial charge in [-0.3, -0.25) is 14.8 Å². The Morgan fingerprint density at radius 3 is 2.53 bits per heavy atom. The molecule has 2 atom stereocenters. The molecule has 2 unspecified atom stereocenters. The lowest BCUT2D eigenvalue weighted by molar-refractivity contribution is -0.148. The van der Waals surface area contributed by atoms with Crippen molar-refractivity contribution in [2.24, 2.45) is 16.6 Å². The number of aromatic nitrogens is 3. The Balaban J connectivity index is 1.89. The number of amides is 1. The van der Waals surface area contributed by atoms with Crippen molar-refractivity contribution >= 4 is 23.5 Å². The summed E-state index contributed by atoms with van der Waals surface area (Å²) in [6, 6.07) is 2.64. The summed E-state index contributed by atoms with van der Waals surface area (Å²) in [4.78, 5) is 29.6. The first-order chi connectivity index (χ1) is 16.8. The lowest BCUT2D eigenvalue weighted by atomic mass is 9.88. The molecule has 0 spiro atoms. The quantitative estimate of drug-likeness (QED) is 0.349. The molecule has 2 aromatic rings. The number of anilines is 1. The van der Waals surface area contributed by atoms with E-state index in [1.165, 1.54) is 13.3 Å². The molecule has 0 radical (unpaired) electrons. The standard InChI is InChI=1S/C23H26F5N7O/c1-13-4-5-16(31-7-13)15(8-30-3)20(29)21(36)35-12-22(24,25)6-14(2)17(35)9-33-19-11-32-18(10-34-19)23(26,27)28/h4-5,7-8,10-11,14,17H,6,9,12,29H2,1-3H3,(H,33,34). The van der Waals surface area contributed by atoms with Crippen LogP contribution >= 0.6 is 0 Å². The Kier molecular flexibility index (Phi) is 7.89. The maximum absolute atomic E-state index is 14.5. The minimum absolute atomic E-state index is 0.00566. The van der Waals surface area contributed by atoms with E-state index in [2.05, 4.69) is 25.3 Å². The van der Waals surface area contributed by atoms with Crippen LogP contribution in [0.3, 0.4) is 0 Å². The molecule has 1 amide bonds. The number of carbonyl (C=O) groups excluding carboxylic acids is 1. The van der Waals surface area contributed by atoms with Crippen LogP contribution in [0.1, 0.15) is 30.3 Å². The van der Waals surface area contributed by atoms with Gasteiger partial charge in [0, 0.05) is 38.0 Å². The molecule has 13 heteroatoms. The smallest absolute Gasteiger partial charge is 0.394 e. The van der Waals surface area contributed by atoms with Gasteiger partial charge in [0.25, 0.3) is 11.8 Å². The fraction of sp³-hybridized carbons (Fsp3) is 0.435. The van der Waals surface area contributed by atoms with Gasteiger partial charge in [-0.25, -0.2) is 18.7 Å². The van der Waals surface area contributed by atoms with Gasteiger partial charge >= 0.3 is 6.18 Å². The van der Waals surface area contributed by atoms with Gasteiger partial charge in [-0.15, -0.1) is 0 Å². The number of nitrogens with two attached hydrogens (primary N) is 1. The molecule has 194 valence electrons. The van der Waals surface area contributed by atoms with Gasteiger partial charge in [0.05, 0.1) is 30.7 Å². The predicted molar refractivity (Wildman–Crippen MR) is 124 cm³/mol. The molecule has 3 N–H and O–H groups in total. The molecule has 0 saturated carbocycles. The van der Waals surface area contributed by atoms with Gasteiger partial charge in [0.1, 0.15) is 11.5 Å². The summed E-state index contributed by atoms with van der Waals surface area (Å²) in [6.07, 6.45) is -0.755. The highest BCUT2D eigenvalue weighted by Crippen LogP contribution is 2.35. The Bertz CT molecular complexity index is 1130. The van der Waals surface area contributed by atoms with Crippen molar-refractivity contribution in [3.63, 3.8) is 0 Å². The van der Waals surface area contributed by atoms with Gasteiger partial charge in [0.15, 0.2) is 5.69 Å². The number of pyridine rings is 1. The molecule has 8 nitrogen and oxygen atoms in total. The van der Waals surface area contributed by atoms with Gasteiger partial charge < -0.3 is 16.0 Å². The number of hydrogen-bond donors (Lipinski definition) is 2. The van der Waals surface area contributed by atoms with Crippen molar-refractivity contribution in [2.75, 3.05) is 25.5 Å². The molecule has 36 heavy (non-hydrogen) atoms. The molecule has 0 aliphatic carbocycles. The highest BCUT2D eigenvalue weighted by molar-refractivity contribution is 6.17. The maximum atomic E-state index is 14.5. The first-order valence-electron chi connectivity index (χ1n) is 11.0. The molecular weight excluding hydrogens is 485 g/mol. The van der Waals surface area contributed by atoms with Crippen LogP contribution in [-0.2, 0) is 11.0 Å². The largest absolute Gasteiger partial charge is 0.434 e. The van der Waals surface area contributed by atoms with Crippen LogP contribution in [0.5, 0.6) is 0 Å². The number of nitrogens with one attached hydrogen (secondary N) is 1. The second kappa shape index (κ2) is 10.5. The highest BCUT2D eigenvalue weighted by atomic mass is 19.4. The average Bonchev–Trinajstić information content (AvgIpc) is 2.80. The maximum Gasteiger partial charge on any atom is 0.434 e. The summed E-state index contributed by atoms with van der Waals surface area (Å²) >= 11 is 0. The molecule has 0 bridgehead atoms. The third-order valence-electron chi connectivity index (χ3n) is 5.74. The van der Waals surface area contributed by atoms with Gasteiger partial charge in [0.2, 0.25) is 0 Å². The molecule has 1 saturated heterocycles. The summed E-state index contributed by atoms with van der Waals surface area (Å²) in [7, 11) is 1.47. The van der Waals surface area contributed by atoms with E-state index in [4.69, 9.17) is 5.73 Å². The molecular formula is C23H26F5N7O. The molecule has 1 fully saturated rings. The lowest BCUT2D eigenvalue weighted by Crippen LogP contribution is -2.58. The summed E-state index contributed by atoms with van der Waals surface area (Å²) in [5.41, 5.74) is 6.11. The van der Waals surface area contributed by atoms with Crippen molar-refractivity contribution in [3.05, 3.63) is 53.4 Å². The fourth-order valence-electron chi connectivity index (χ4n) is 3.95. The second-order valence-corrected chi connectivity index (χ2v) is 8.64. The molecule has 3 heterocycles. The minimum Gasteiger partial charge on any atom is -0.394 e. The Labute approximate surface area is 204 Å². The lowest BCUT2D eigenvalue weighted by Gasteiger charge is -2.43. The van der Waals surface area contributed by atoms with E-state index in [1.54, 1.807) is 25.3 Å². The Hall–Kier alpha value is -3.64. The molecule has 1 aliphatic heterocycles. The van der Waals surface area contributed by atoms with Crippen molar-refractivity contribution in [1.29, 1.82) is 0 Å². The average molecular weight is 511 g/mol. The van der Waals surface area contributed by atoms with E-state index in [0.29, 0.717) is 11.9 Å². The van der Waals surface area contributed by atoms with Crippen molar-refractivity contribution < 1.29 is 26.7 Å². The van der Waals surface area contributed by atoms with Gasteiger partial charge in [-0.2, -0.15) is 13.2 Å². The Morgan fingerprint density at radius 1 is 1.25 bits per heavy atom. The summed E-state index contributed by atoms with van der Waals surface area (Å²) < 4.78 is 67.2. The monoisotopic (exact) mass is 511 g/mol. The van der Waals surface area contributed by atoms with Crippen molar-refractivity contribution in [3.8, 4) is 0 Å². The third kappa shape index (κ3) is 6.32. The summed E-state index contributed by atoms with van der Waals surface area (Å²) in [6.45, 7) is 2.46. The topological polar surface area (TPSA) is 109 Å². The van der Waals surface area contributed by atoms with Crippen LogP contribution in [0.2, 0.25) is 0 Å². The van der Waals surface area contributed by atoms with Crippen molar-refractivity contribution in [1.82, 2.24) is 19.9 Å². The fourth-order valence-corrected chi connectivity index (χ4v) is 3.95. The van der Waals surface area contributed by atoms with Crippen LogP contribution in [0.4, 0.5) is 27.8 Å². The summed E-state index contributed by atoms with van der Waals surface area (Å²) in [5, 5.41) is 2.79. The number of alkyl halides is 5. The molecule has 1 aliphatic rings. The second-order valence-electron chi connectivity index (χ2n) is 8.64. The normalized spacial score (nSPS) is 20.8. The number of rotatable bonds is 6. The van der Waals surface area contributed by atoms with E-state index in [9.17, 15) is 26.7 Å². The van der Waals surface area contributed by atoms with Crippen molar-refractivity contribution in [2.45, 2.75) is 38.4 Å². The molecule has 0 aromatic carbocycles. The molecule has 2 aromatic heterocycles. The number of nitrogens with zero attached hydrogens (tertiary/aromatic N) is 5. The van der Waals surface area contributed by atoms with Crippen LogP contribution < -0.4 is 11.1 Å². The van der Waals surface area contributed by atoms with E-state index in [0.717, 1.165) is 16.7 Å². The zero-order valence-electron chi connectivity index (χ0n) is 19.9. The Morgan fingerprint density at radius 2 is 1.97 bits per heavy atom. The number of allylic oxidation sites excluding steroid dienone is 1. The zero-order valence-corrected chi connectivity index (χ0v) is 19.9.